The van der Waals surface area contributed by atoms with E-state index in [-0.39, 0.29) is 11.7 Å². The van der Waals surface area contributed by atoms with Gasteiger partial charge in [0.15, 0.2) is 6.17 Å². The van der Waals surface area contributed by atoms with E-state index in [9.17, 15) is 9.90 Å². The summed E-state index contributed by atoms with van der Waals surface area (Å²) in [5, 5.41) is 13.1. The monoisotopic (exact) mass is 377 g/mol. The van der Waals surface area contributed by atoms with Crippen LogP contribution in [0.25, 0.3) is 0 Å². The lowest BCUT2D eigenvalue weighted by Gasteiger charge is -2.35. The predicted molar refractivity (Wildman–Crippen MR) is 97.9 cm³/mol. The fourth-order valence-corrected chi connectivity index (χ4v) is 2.68. The van der Waals surface area contributed by atoms with Crippen LogP contribution in [0.1, 0.15) is 13.8 Å². The third kappa shape index (κ3) is 6.42. The van der Waals surface area contributed by atoms with Crippen LogP contribution in [0.2, 0.25) is 0 Å². The Kier molecular flexibility index (Phi) is 8.46. The number of thioether (sulfide) groups is 1. The van der Waals surface area contributed by atoms with Crippen molar-refractivity contribution in [3.05, 3.63) is 34.8 Å². The molecule has 9 heteroatoms. The van der Waals surface area contributed by atoms with Crippen molar-refractivity contribution < 1.29 is 14.6 Å². The third-order valence-corrected chi connectivity index (χ3v) is 4.06. The number of nitrogens with one attached hydrogen (secondary N) is 1. The molecule has 0 aromatic carbocycles. The largest absolute Gasteiger partial charge is 0.508 e. The average Bonchev–Trinajstić information content (AvgIpc) is 2.48. The van der Waals surface area contributed by atoms with Crippen molar-refractivity contribution in [2.45, 2.75) is 20.0 Å². The summed E-state index contributed by atoms with van der Waals surface area (Å²) < 4.78 is 5.14. The second kappa shape index (κ2) is 9.82. The van der Waals surface area contributed by atoms with E-state index in [0.29, 0.717) is 20.8 Å². The Labute approximate surface area is 150 Å². The Morgan fingerprint density at radius 1 is 1.52 bits per heavy atom. The molecule has 1 atom stereocenters. The van der Waals surface area contributed by atoms with Gasteiger partial charge in [-0.05, 0) is 19.9 Å². The van der Waals surface area contributed by atoms with E-state index in [1.807, 2.05) is 13.8 Å². The minimum atomic E-state index is -0.619. The summed E-state index contributed by atoms with van der Waals surface area (Å²) in [7, 11) is 0. The molecular weight excluding hydrogens is 358 g/mol. The van der Waals surface area contributed by atoms with Gasteiger partial charge in [0.05, 0.1) is 5.03 Å². The third-order valence-electron chi connectivity index (χ3n) is 2.76. The lowest BCUT2D eigenvalue weighted by molar-refractivity contribution is -0.126. The minimum Gasteiger partial charge on any atom is -0.508 e. The fraction of sp³-hybridized carbons (Fsp3) is 0.429. The Morgan fingerprint density at radius 3 is 2.70 bits per heavy atom. The quantitative estimate of drug-likeness (QED) is 0.647. The molecule has 1 unspecified atom stereocenters. The zero-order valence-corrected chi connectivity index (χ0v) is 15.3. The first-order chi connectivity index (χ1) is 10.9. The van der Waals surface area contributed by atoms with E-state index >= 15 is 0 Å². The molecule has 4 N–H and O–H groups in total. The number of amides is 1. The summed E-state index contributed by atoms with van der Waals surface area (Å²) in [4.78, 5) is 13.2. The number of hydrogen-bond acceptors (Lipinski definition) is 6. The highest BCUT2D eigenvalue weighted by molar-refractivity contribution is 8.23. The number of halogens is 1. The zero-order chi connectivity index (χ0) is 17.4. The van der Waals surface area contributed by atoms with Gasteiger partial charge in [0.2, 0.25) is 0 Å². The molecule has 6 nitrogen and oxygen atoms in total. The molecule has 0 bridgehead atoms. The molecule has 0 aliphatic carbocycles. The van der Waals surface area contributed by atoms with Crippen molar-refractivity contribution in [3.63, 3.8) is 0 Å². The molecule has 0 radical (unpaired) electrons. The molecule has 2 aliphatic heterocycles. The molecule has 0 aromatic heterocycles. The molecule has 0 spiro atoms. The lowest BCUT2D eigenvalue weighted by Crippen LogP contribution is -2.51. The molecule has 0 aromatic rings. The van der Waals surface area contributed by atoms with E-state index in [1.165, 1.54) is 35.0 Å². The summed E-state index contributed by atoms with van der Waals surface area (Å²) in [5.41, 5.74) is 6.04. The van der Waals surface area contributed by atoms with Crippen molar-refractivity contribution in [2.75, 3.05) is 19.0 Å². The van der Waals surface area contributed by atoms with Gasteiger partial charge in [-0.25, -0.2) is 0 Å². The van der Waals surface area contributed by atoms with Crippen LogP contribution in [-0.2, 0) is 9.53 Å². The smallest absolute Gasteiger partial charge is 0.254 e. The van der Waals surface area contributed by atoms with Gasteiger partial charge in [-0.1, -0.05) is 35.6 Å². The Balaban J connectivity index is 0.000000463. The van der Waals surface area contributed by atoms with Crippen LogP contribution in [0.5, 0.6) is 0 Å². The molecule has 23 heavy (non-hydrogen) atoms. The Hall–Kier alpha value is -1.22. The number of carbonyl (C=O) groups excluding carboxylic acids is 1. The van der Waals surface area contributed by atoms with Crippen LogP contribution in [0, 0.1) is 0 Å². The molecule has 128 valence electrons. The number of hydrogen-bond donors (Lipinski definition) is 3. The van der Waals surface area contributed by atoms with Crippen molar-refractivity contribution >= 4 is 45.8 Å². The van der Waals surface area contributed by atoms with Crippen LogP contribution in [-0.4, -0.2) is 45.4 Å². The summed E-state index contributed by atoms with van der Waals surface area (Å²) >= 11 is 11.8. The lowest BCUT2D eigenvalue weighted by atomic mass is 10.2. The van der Waals surface area contributed by atoms with E-state index in [0.717, 1.165) is 13.2 Å². The van der Waals surface area contributed by atoms with Crippen LogP contribution in [0.15, 0.2) is 34.8 Å². The van der Waals surface area contributed by atoms with E-state index in [4.69, 9.17) is 34.3 Å². The van der Waals surface area contributed by atoms with Gasteiger partial charge < -0.3 is 20.9 Å². The van der Waals surface area contributed by atoms with E-state index in [2.05, 4.69) is 5.32 Å². The first kappa shape index (κ1) is 19.8. The molecular formula is C14H20ClN3O3S2. The highest BCUT2D eigenvalue weighted by atomic mass is 35.5. The number of ether oxygens (including phenoxy) is 1. The second-order valence-electron chi connectivity index (χ2n) is 4.43. The SMILES string of the molecule is CCOCC.NC(=S)SCC1=CC(=O)N2C=C(Cl)C=C(O)C2N1. The molecule has 0 fully saturated rings. The number of allylic oxidation sites excluding steroid dienone is 2. The summed E-state index contributed by atoms with van der Waals surface area (Å²) in [6, 6.07) is 0. The van der Waals surface area contributed by atoms with Gasteiger partial charge in [0.1, 0.15) is 10.1 Å². The molecule has 2 rings (SSSR count). The first-order valence-corrected chi connectivity index (χ1v) is 8.73. The Bertz CT molecular complexity index is 547. The highest BCUT2D eigenvalue weighted by Crippen LogP contribution is 2.24. The molecule has 0 saturated heterocycles. The van der Waals surface area contributed by atoms with Crippen LogP contribution in [0.4, 0.5) is 0 Å². The average molecular weight is 378 g/mol. The first-order valence-electron chi connectivity index (χ1n) is 6.96. The fourth-order valence-electron chi connectivity index (χ4n) is 1.82. The number of nitrogens with zero attached hydrogens (tertiary/aromatic N) is 1. The molecule has 2 heterocycles. The zero-order valence-electron chi connectivity index (χ0n) is 12.9. The summed E-state index contributed by atoms with van der Waals surface area (Å²) in [6.45, 7) is 5.67. The normalized spacial score (nSPS) is 19.4. The van der Waals surface area contributed by atoms with Crippen molar-refractivity contribution in [3.8, 4) is 0 Å². The number of aliphatic hydroxyl groups is 1. The standard InChI is InChI=1S/C10H10ClN3O2S2.C4H10O/c11-5-1-7(15)9-13-6(4-18-10(12)17)2-8(16)14(9)3-5;1-3-5-4-2/h1-3,9,13,15H,4H2,(H2,12,17);3-4H2,1-2H3. The van der Waals surface area contributed by atoms with E-state index in [1.54, 1.807) is 0 Å². The molecule has 2 aliphatic rings. The van der Waals surface area contributed by atoms with Crippen LogP contribution >= 0.6 is 35.6 Å². The maximum Gasteiger partial charge on any atom is 0.254 e. The maximum atomic E-state index is 11.9. The summed E-state index contributed by atoms with van der Waals surface area (Å²) in [6.07, 6.45) is 3.68. The Morgan fingerprint density at radius 2 is 2.17 bits per heavy atom. The van der Waals surface area contributed by atoms with Crippen LogP contribution < -0.4 is 11.1 Å². The number of rotatable bonds is 4. The van der Waals surface area contributed by atoms with Crippen molar-refractivity contribution in [2.24, 2.45) is 5.73 Å². The topological polar surface area (TPSA) is 87.8 Å². The highest BCUT2D eigenvalue weighted by Gasteiger charge is 2.32. The van der Waals surface area contributed by atoms with Gasteiger partial charge in [-0.3, -0.25) is 9.69 Å². The molecule has 0 saturated carbocycles. The van der Waals surface area contributed by atoms with Gasteiger partial charge in [0, 0.05) is 36.9 Å². The van der Waals surface area contributed by atoms with Crippen LogP contribution in [0.3, 0.4) is 0 Å². The maximum absolute atomic E-state index is 11.9. The summed E-state index contributed by atoms with van der Waals surface area (Å²) in [5.74, 6) is 0.188. The van der Waals surface area contributed by atoms with Gasteiger partial charge >= 0.3 is 0 Å². The number of fused-ring (bicyclic) bond motifs is 1. The van der Waals surface area contributed by atoms with Gasteiger partial charge in [-0.15, -0.1) is 0 Å². The van der Waals surface area contributed by atoms with Crippen molar-refractivity contribution in [1.29, 1.82) is 0 Å². The van der Waals surface area contributed by atoms with Gasteiger partial charge in [0.25, 0.3) is 5.91 Å². The van der Waals surface area contributed by atoms with Crippen molar-refractivity contribution in [1.82, 2.24) is 10.2 Å². The minimum absolute atomic E-state index is 0.0122. The number of thiocarbonyl (C=S) groups is 1. The van der Waals surface area contributed by atoms with Gasteiger partial charge in [-0.2, -0.15) is 0 Å². The number of carbonyl (C=O) groups is 1. The predicted octanol–water partition coefficient (Wildman–Crippen LogP) is 2.18. The number of nitrogens with two attached hydrogens (primary N) is 1. The second-order valence-corrected chi connectivity index (χ2v) is 6.59. The molecule has 1 amide bonds. The number of aliphatic hydroxyl groups excluding tert-OH is 1. The van der Waals surface area contributed by atoms with E-state index < -0.39 is 6.17 Å².